The minimum atomic E-state index is -3.58. The Balaban J connectivity index is 1.96. The number of fused-ring (bicyclic) bond motifs is 1. The molecular formula is C9H6ClF2N5S2. The van der Waals surface area contributed by atoms with Crippen molar-refractivity contribution in [3.63, 3.8) is 0 Å². The van der Waals surface area contributed by atoms with Gasteiger partial charge in [0.25, 0.3) is 0 Å². The van der Waals surface area contributed by atoms with Crippen LogP contribution in [0.3, 0.4) is 0 Å². The molecule has 0 aliphatic rings. The molecule has 0 radical (unpaired) electrons. The van der Waals surface area contributed by atoms with Gasteiger partial charge in [-0.2, -0.15) is 18.4 Å². The van der Waals surface area contributed by atoms with Crippen molar-refractivity contribution in [2.45, 2.75) is 18.7 Å². The lowest BCUT2D eigenvalue weighted by atomic mass is 10.4. The van der Waals surface area contributed by atoms with E-state index in [1.54, 1.807) is 0 Å². The molecule has 0 unspecified atom stereocenters. The SMILES string of the molecule is Cc1nc(Cc2nn3c(C(F)(F)Cl)nnc3s2)cs1. The van der Waals surface area contributed by atoms with Crippen LogP contribution in [0.4, 0.5) is 8.78 Å². The maximum Gasteiger partial charge on any atom is 0.383 e. The first-order chi connectivity index (χ1) is 8.93. The van der Waals surface area contributed by atoms with E-state index < -0.39 is 11.2 Å². The molecular weight excluding hydrogens is 316 g/mol. The number of alkyl halides is 3. The molecule has 0 bridgehead atoms. The first-order valence-electron chi connectivity index (χ1n) is 5.13. The molecule has 0 atom stereocenters. The summed E-state index contributed by atoms with van der Waals surface area (Å²) in [6.07, 6.45) is 0.478. The third kappa shape index (κ3) is 2.45. The Labute approximate surface area is 118 Å². The number of aryl methyl sites for hydroxylation is 1. The molecule has 3 aromatic heterocycles. The maximum absolute atomic E-state index is 13.1. The molecule has 0 aliphatic carbocycles. The van der Waals surface area contributed by atoms with Crippen LogP contribution in [0, 0.1) is 6.92 Å². The summed E-state index contributed by atoms with van der Waals surface area (Å²) in [6.45, 7) is 1.90. The lowest BCUT2D eigenvalue weighted by molar-refractivity contribution is 0.0820. The Morgan fingerprint density at radius 1 is 1.42 bits per heavy atom. The second kappa shape index (κ2) is 4.43. The van der Waals surface area contributed by atoms with Crippen molar-refractivity contribution in [2.24, 2.45) is 0 Å². The second-order valence-corrected chi connectivity index (χ2v) is 6.32. The van der Waals surface area contributed by atoms with Crippen molar-refractivity contribution in [3.8, 4) is 0 Å². The van der Waals surface area contributed by atoms with E-state index in [1.807, 2.05) is 12.3 Å². The number of thiazole rings is 1. The van der Waals surface area contributed by atoms with Crippen molar-refractivity contribution < 1.29 is 8.78 Å². The molecule has 0 N–H and O–H groups in total. The highest BCUT2D eigenvalue weighted by molar-refractivity contribution is 7.16. The summed E-state index contributed by atoms with van der Waals surface area (Å²) in [5.74, 6) is -0.666. The maximum atomic E-state index is 13.1. The van der Waals surface area contributed by atoms with E-state index in [0.29, 0.717) is 11.4 Å². The predicted octanol–water partition coefficient (Wildman–Crippen LogP) is 2.83. The first kappa shape index (κ1) is 12.8. The summed E-state index contributed by atoms with van der Waals surface area (Å²) in [5, 5.41) is 11.0. The quantitative estimate of drug-likeness (QED) is 0.696. The molecule has 0 aliphatic heterocycles. The second-order valence-electron chi connectivity index (χ2n) is 3.75. The predicted molar refractivity (Wildman–Crippen MR) is 68.1 cm³/mol. The van der Waals surface area contributed by atoms with E-state index in [9.17, 15) is 8.78 Å². The molecule has 5 nitrogen and oxygen atoms in total. The molecule has 100 valence electrons. The normalized spacial score (nSPS) is 12.4. The average Bonchev–Trinajstić information content (AvgIpc) is 2.92. The molecule has 0 saturated carbocycles. The Hall–Kier alpha value is -1.19. The molecule has 0 aromatic carbocycles. The van der Waals surface area contributed by atoms with Crippen molar-refractivity contribution >= 4 is 39.2 Å². The van der Waals surface area contributed by atoms with E-state index in [1.165, 1.54) is 22.7 Å². The Bertz CT molecular complexity index is 728. The van der Waals surface area contributed by atoms with Crippen molar-refractivity contribution in [2.75, 3.05) is 0 Å². The molecule has 3 rings (SSSR count). The van der Waals surface area contributed by atoms with E-state index in [-0.39, 0.29) is 4.96 Å². The van der Waals surface area contributed by atoms with E-state index >= 15 is 0 Å². The van der Waals surface area contributed by atoms with Crippen LogP contribution >= 0.6 is 34.3 Å². The smallest absolute Gasteiger partial charge is 0.246 e. The van der Waals surface area contributed by atoms with E-state index in [0.717, 1.165) is 15.2 Å². The summed E-state index contributed by atoms with van der Waals surface area (Å²) >= 11 is 7.67. The number of halogens is 3. The molecule has 0 fully saturated rings. The van der Waals surface area contributed by atoms with E-state index in [4.69, 9.17) is 11.6 Å². The number of rotatable bonds is 3. The van der Waals surface area contributed by atoms with Gasteiger partial charge in [0, 0.05) is 11.8 Å². The van der Waals surface area contributed by atoms with Gasteiger partial charge >= 0.3 is 5.38 Å². The number of hydrogen-bond acceptors (Lipinski definition) is 6. The van der Waals surface area contributed by atoms with Crippen molar-refractivity contribution in [1.82, 2.24) is 24.8 Å². The van der Waals surface area contributed by atoms with Crippen LogP contribution in [-0.2, 0) is 11.8 Å². The highest BCUT2D eigenvalue weighted by atomic mass is 35.5. The van der Waals surface area contributed by atoms with Crippen LogP contribution in [0.25, 0.3) is 4.96 Å². The highest BCUT2D eigenvalue weighted by Gasteiger charge is 2.35. The molecule has 0 spiro atoms. The minimum Gasteiger partial charge on any atom is -0.246 e. The first-order valence-corrected chi connectivity index (χ1v) is 7.20. The fourth-order valence-electron chi connectivity index (χ4n) is 1.55. The molecule has 3 aromatic rings. The lowest BCUT2D eigenvalue weighted by Crippen LogP contribution is -2.10. The summed E-state index contributed by atoms with van der Waals surface area (Å²) in [6, 6.07) is 0. The molecule has 10 heteroatoms. The molecule has 0 saturated heterocycles. The van der Waals surface area contributed by atoms with Gasteiger partial charge in [-0.25, -0.2) is 4.98 Å². The van der Waals surface area contributed by atoms with Crippen LogP contribution in [0.2, 0.25) is 0 Å². The van der Waals surface area contributed by atoms with Crippen molar-refractivity contribution in [3.05, 3.63) is 26.9 Å². The fourth-order valence-corrected chi connectivity index (χ4v) is 3.13. The van der Waals surface area contributed by atoms with Gasteiger partial charge in [0.05, 0.1) is 10.7 Å². The third-order valence-corrected chi connectivity index (χ3v) is 4.18. The van der Waals surface area contributed by atoms with Gasteiger partial charge in [-0.1, -0.05) is 11.3 Å². The highest BCUT2D eigenvalue weighted by Crippen LogP contribution is 2.32. The summed E-state index contributed by atoms with van der Waals surface area (Å²) in [5.41, 5.74) is 0.853. The van der Waals surface area contributed by atoms with Gasteiger partial charge in [-0.05, 0) is 18.5 Å². The summed E-state index contributed by atoms with van der Waals surface area (Å²) in [7, 11) is 0. The average molecular weight is 322 g/mol. The third-order valence-electron chi connectivity index (χ3n) is 2.29. The zero-order valence-corrected chi connectivity index (χ0v) is 11.9. The topological polar surface area (TPSA) is 56.0 Å². The summed E-state index contributed by atoms with van der Waals surface area (Å²) in [4.78, 5) is 4.59. The monoisotopic (exact) mass is 321 g/mol. The van der Waals surface area contributed by atoms with Crippen LogP contribution in [0.1, 0.15) is 21.5 Å². The number of aromatic nitrogens is 5. The van der Waals surface area contributed by atoms with Gasteiger partial charge in [-0.15, -0.1) is 21.5 Å². The Morgan fingerprint density at radius 2 is 2.21 bits per heavy atom. The molecule has 3 heterocycles. The van der Waals surface area contributed by atoms with Crippen LogP contribution in [0.15, 0.2) is 5.38 Å². The lowest BCUT2D eigenvalue weighted by Gasteiger charge is -2.01. The molecule has 19 heavy (non-hydrogen) atoms. The standard InChI is InChI=1S/C9H6ClF2N5S2/c1-4-13-5(3-18-4)2-6-16-17-7(9(10,11)12)14-15-8(17)19-6/h3H,2H2,1H3. The van der Waals surface area contributed by atoms with Gasteiger partial charge in [0.15, 0.2) is 0 Å². The van der Waals surface area contributed by atoms with Gasteiger partial charge < -0.3 is 0 Å². The van der Waals surface area contributed by atoms with Crippen LogP contribution in [-0.4, -0.2) is 24.8 Å². The van der Waals surface area contributed by atoms with Crippen molar-refractivity contribution in [1.29, 1.82) is 0 Å². The van der Waals surface area contributed by atoms with Crippen LogP contribution < -0.4 is 0 Å². The number of nitrogens with zero attached hydrogens (tertiary/aromatic N) is 5. The van der Waals surface area contributed by atoms with Gasteiger partial charge in [0.2, 0.25) is 10.8 Å². The number of hydrogen-bond donors (Lipinski definition) is 0. The fraction of sp³-hybridized carbons (Fsp3) is 0.333. The zero-order chi connectivity index (χ0) is 13.6. The Kier molecular flexibility index (Phi) is 2.99. The summed E-state index contributed by atoms with van der Waals surface area (Å²) < 4.78 is 27.1. The largest absolute Gasteiger partial charge is 0.383 e. The van der Waals surface area contributed by atoms with Gasteiger partial charge in [0.1, 0.15) is 5.01 Å². The Morgan fingerprint density at radius 3 is 2.84 bits per heavy atom. The zero-order valence-electron chi connectivity index (χ0n) is 9.47. The minimum absolute atomic E-state index is 0.289. The van der Waals surface area contributed by atoms with E-state index in [2.05, 4.69) is 20.3 Å². The van der Waals surface area contributed by atoms with Gasteiger partial charge in [-0.3, -0.25) is 0 Å². The molecule has 0 amide bonds. The van der Waals surface area contributed by atoms with Crippen LogP contribution in [0.5, 0.6) is 0 Å².